The van der Waals surface area contributed by atoms with Gasteiger partial charge in [-0.15, -0.1) is 0 Å². The van der Waals surface area contributed by atoms with Crippen LogP contribution in [-0.2, 0) is 16.1 Å². The van der Waals surface area contributed by atoms with Crippen molar-refractivity contribution in [2.45, 2.75) is 20.4 Å². The number of carbonyl (C=O) groups is 3. The lowest BCUT2D eigenvalue weighted by molar-refractivity contribution is -0.133. The van der Waals surface area contributed by atoms with Crippen molar-refractivity contribution in [1.29, 1.82) is 0 Å². The van der Waals surface area contributed by atoms with Crippen LogP contribution in [0.25, 0.3) is 0 Å². The Morgan fingerprint density at radius 2 is 1.76 bits per heavy atom. The smallest absolute Gasteiger partial charge is 0.244 e. The van der Waals surface area contributed by atoms with E-state index in [1.165, 1.54) is 18.7 Å². The van der Waals surface area contributed by atoms with Gasteiger partial charge in [0, 0.05) is 29.7 Å². The van der Waals surface area contributed by atoms with Crippen LogP contribution in [0.4, 0.5) is 5.69 Å². The topological polar surface area (TPSA) is 66.5 Å². The van der Waals surface area contributed by atoms with Gasteiger partial charge < -0.3 is 10.2 Å². The van der Waals surface area contributed by atoms with Gasteiger partial charge in [0.2, 0.25) is 11.8 Å². The van der Waals surface area contributed by atoms with Gasteiger partial charge in [0.25, 0.3) is 0 Å². The summed E-state index contributed by atoms with van der Waals surface area (Å²) in [6.45, 7) is 3.00. The summed E-state index contributed by atoms with van der Waals surface area (Å²) >= 11 is 6.12. The standard InChI is InChI=1S/C19H19ClN2O3/c1-13(23)15-7-5-8-17(10-15)21-19(25)12-22(14(2)24)11-16-6-3-4-9-18(16)20/h3-10H,11-12H2,1-2H3,(H,21,25). The molecule has 2 aromatic rings. The summed E-state index contributed by atoms with van der Waals surface area (Å²) in [5.41, 5.74) is 1.79. The van der Waals surface area contributed by atoms with Crippen LogP contribution < -0.4 is 5.32 Å². The number of rotatable bonds is 6. The Kier molecular flexibility index (Phi) is 6.31. The molecule has 0 aliphatic heterocycles. The highest BCUT2D eigenvalue weighted by Gasteiger charge is 2.16. The second-order valence-electron chi connectivity index (χ2n) is 5.65. The normalized spacial score (nSPS) is 10.2. The Morgan fingerprint density at radius 1 is 1.04 bits per heavy atom. The van der Waals surface area contributed by atoms with Gasteiger partial charge in [0.1, 0.15) is 6.54 Å². The molecule has 0 saturated carbocycles. The summed E-state index contributed by atoms with van der Waals surface area (Å²) in [6.07, 6.45) is 0. The third-order valence-corrected chi connectivity index (χ3v) is 4.02. The first-order valence-electron chi connectivity index (χ1n) is 7.76. The molecule has 0 heterocycles. The van der Waals surface area contributed by atoms with E-state index < -0.39 is 0 Å². The molecule has 0 bridgehead atoms. The minimum atomic E-state index is -0.344. The number of nitrogens with one attached hydrogen (secondary N) is 1. The molecule has 25 heavy (non-hydrogen) atoms. The molecule has 0 radical (unpaired) electrons. The van der Waals surface area contributed by atoms with E-state index in [1.54, 1.807) is 36.4 Å². The third-order valence-electron chi connectivity index (χ3n) is 3.65. The van der Waals surface area contributed by atoms with Crippen molar-refractivity contribution in [3.8, 4) is 0 Å². The minimum Gasteiger partial charge on any atom is -0.329 e. The Balaban J connectivity index is 2.05. The number of anilines is 1. The molecule has 130 valence electrons. The minimum absolute atomic E-state index is 0.0832. The van der Waals surface area contributed by atoms with Crippen molar-refractivity contribution in [2.24, 2.45) is 0 Å². The molecule has 5 nitrogen and oxygen atoms in total. The lowest BCUT2D eigenvalue weighted by Crippen LogP contribution is -2.36. The zero-order valence-electron chi connectivity index (χ0n) is 14.1. The number of carbonyl (C=O) groups excluding carboxylic acids is 3. The third kappa shape index (κ3) is 5.43. The molecule has 2 amide bonds. The number of hydrogen-bond donors (Lipinski definition) is 1. The van der Waals surface area contributed by atoms with Crippen molar-refractivity contribution in [3.05, 3.63) is 64.7 Å². The summed E-state index contributed by atoms with van der Waals surface area (Å²) in [4.78, 5) is 36.9. The summed E-state index contributed by atoms with van der Waals surface area (Å²) in [5, 5.41) is 3.25. The molecule has 6 heteroatoms. The quantitative estimate of drug-likeness (QED) is 0.803. The molecule has 0 aromatic heterocycles. The van der Waals surface area contributed by atoms with Crippen LogP contribution in [0.1, 0.15) is 29.8 Å². The Hall–Kier alpha value is -2.66. The van der Waals surface area contributed by atoms with Gasteiger partial charge in [-0.05, 0) is 30.7 Å². The van der Waals surface area contributed by atoms with E-state index in [2.05, 4.69) is 5.32 Å². The van der Waals surface area contributed by atoms with Crippen LogP contribution in [-0.4, -0.2) is 29.0 Å². The van der Waals surface area contributed by atoms with Gasteiger partial charge in [0.05, 0.1) is 0 Å². The van der Waals surface area contributed by atoms with Crippen molar-refractivity contribution in [3.63, 3.8) is 0 Å². The van der Waals surface area contributed by atoms with Gasteiger partial charge >= 0.3 is 0 Å². The van der Waals surface area contributed by atoms with E-state index in [1.807, 2.05) is 12.1 Å². The molecule has 0 unspecified atom stereocenters. The SMILES string of the molecule is CC(=O)c1cccc(NC(=O)CN(Cc2ccccc2Cl)C(C)=O)c1. The number of halogens is 1. The maximum absolute atomic E-state index is 12.3. The maximum atomic E-state index is 12.3. The molecule has 0 aliphatic carbocycles. The first-order chi connectivity index (χ1) is 11.9. The Morgan fingerprint density at radius 3 is 2.40 bits per heavy atom. The van der Waals surface area contributed by atoms with Crippen LogP contribution in [0.15, 0.2) is 48.5 Å². The lowest BCUT2D eigenvalue weighted by Gasteiger charge is -2.21. The number of nitrogens with zero attached hydrogens (tertiary/aromatic N) is 1. The number of ketones is 1. The predicted molar refractivity (Wildman–Crippen MR) is 97.6 cm³/mol. The van der Waals surface area contributed by atoms with E-state index in [4.69, 9.17) is 11.6 Å². The summed E-state index contributed by atoms with van der Waals surface area (Å²) in [5.74, 6) is -0.657. The molecule has 0 saturated heterocycles. The Bertz CT molecular complexity index is 805. The van der Waals surface area contributed by atoms with Crippen LogP contribution in [0.5, 0.6) is 0 Å². The number of amides is 2. The monoisotopic (exact) mass is 358 g/mol. The summed E-state index contributed by atoms with van der Waals surface area (Å²) < 4.78 is 0. The van der Waals surface area contributed by atoms with Crippen LogP contribution in [0, 0.1) is 0 Å². The van der Waals surface area contributed by atoms with Crippen LogP contribution >= 0.6 is 11.6 Å². The zero-order chi connectivity index (χ0) is 18.4. The highest BCUT2D eigenvalue weighted by molar-refractivity contribution is 6.31. The molecule has 0 aliphatic rings. The van der Waals surface area contributed by atoms with Gasteiger partial charge in [-0.3, -0.25) is 14.4 Å². The number of Topliss-reactive ketones (excluding diaryl/α,β-unsaturated/α-hetero) is 1. The second-order valence-corrected chi connectivity index (χ2v) is 6.06. The van der Waals surface area contributed by atoms with Gasteiger partial charge in [-0.2, -0.15) is 0 Å². The predicted octanol–water partition coefficient (Wildman–Crippen LogP) is 3.53. The van der Waals surface area contributed by atoms with Gasteiger partial charge in [0.15, 0.2) is 5.78 Å². The Labute approximate surface area is 151 Å². The largest absolute Gasteiger partial charge is 0.329 e. The van der Waals surface area contributed by atoms with E-state index in [9.17, 15) is 14.4 Å². The molecule has 0 atom stereocenters. The number of hydrogen-bond acceptors (Lipinski definition) is 3. The first-order valence-corrected chi connectivity index (χ1v) is 8.14. The fourth-order valence-corrected chi connectivity index (χ4v) is 2.50. The lowest BCUT2D eigenvalue weighted by atomic mass is 10.1. The van der Waals surface area contributed by atoms with E-state index in [0.717, 1.165) is 5.56 Å². The van der Waals surface area contributed by atoms with E-state index >= 15 is 0 Å². The molecule has 0 fully saturated rings. The van der Waals surface area contributed by atoms with Crippen molar-refractivity contribution in [1.82, 2.24) is 4.90 Å². The van der Waals surface area contributed by atoms with E-state index in [0.29, 0.717) is 16.3 Å². The number of benzene rings is 2. The average Bonchev–Trinajstić information content (AvgIpc) is 2.56. The molecular formula is C19H19ClN2O3. The summed E-state index contributed by atoms with van der Waals surface area (Å²) in [6, 6.07) is 13.8. The highest BCUT2D eigenvalue weighted by Crippen LogP contribution is 2.17. The average molecular weight is 359 g/mol. The van der Waals surface area contributed by atoms with Crippen molar-refractivity contribution in [2.75, 3.05) is 11.9 Å². The fourth-order valence-electron chi connectivity index (χ4n) is 2.30. The maximum Gasteiger partial charge on any atom is 0.244 e. The molecular weight excluding hydrogens is 340 g/mol. The van der Waals surface area contributed by atoms with Crippen molar-refractivity contribution < 1.29 is 14.4 Å². The van der Waals surface area contributed by atoms with Gasteiger partial charge in [-0.25, -0.2) is 0 Å². The molecule has 0 spiro atoms. The second kappa shape index (κ2) is 8.44. The summed E-state index contributed by atoms with van der Waals surface area (Å²) in [7, 11) is 0. The van der Waals surface area contributed by atoms with E-state index in [-0.39, 0.29) is 30.7 Å². The molecule has 2 rings (SSSR count). The van der Waals surface area contributed by atoms with Crippen LogP contribution in [0.3, 0.4) is 0 Å². The van der Waals surface area contributed by atoms with Crippen molar-refractivity contribution >= 4 is 34.9 Å². The highest BCUT2D eigenvalue weighted by atomic mass is 35.5. The zero-order valence-corrected chi connectivity index (χ0v) is 14.8. The molecule has 2 aromatic carbocycles. The first kappa shape index (κ1) is 18.7. The fraction of sp³-hybridized carbons (Fsp3) is 0.211. The van der Waals surface area contributed by atoms with Gasteiger partial charge in [-0.1, -0.05) is 41.9 Å². The molecule has 1 N–H and O–H groups in total. The van der Waals surface area contributed by atoms with Crippen LogP contribution in [0.2, 0.25) is 5.02 Å².